The number of hydrogen-bond acceptors (Lipinski definition) is 4. The fraction of sp³-hybridized carbons (Fsp3) is 0.588. The van der Waals surface area contributed by atoms with Gasteiger partial charge in [-0.1, -0.05) is 12.8 Å². The van der Waals surface area contributed by atoms with Gasteiger partial charge in [-0.05, 0) is 50.2 Å². The molecule has 1 saturated heterocycles. The van der Waals surface area contributed by atoms with E-state index in [1.165, 1.54) is 32.6 Å². The number of aliphatic hydroxyl groups is 1. The number of amides is 1. The second-order valence-corrected chi connectivity index (χ2v) is 5.89. The lowest BCUT2D eigenvalue weighted by Gasteiger charge is -2.23. The van der Waals surface area contributed by atoms with Gasteiger partial charge < -0.3 is 20.1 Å². The average Bonchev–Trinajstić information content (AvgIpc) is 2.74. The number of benzene rings is 1. The Morgan fingerprint density at radius 1 is 1.23 bits per heavy atom. The second-order valence-electron chi connectivity index (χ2n) is 5.89. The van der Waals surface area contributed by atoms with E-state index in [0.717, 1.165) is 18.8 Å². The van der Waals surface area contributed by atoms with E-state index in [0.29, 0.717) is 12.3 Å². The van der Waals surface area contributed by atoms with Crippen molar-refractivity contribution >= 4 is 11.6 Å². The molecule has 1 amide bonds. The molecule has 1 fully saturated rings. The number of carbonyl (C=O) groups excluding carboxylic acids is 1. The highest BCUT2D eigenvalue weighted by atomic mass is 16.5. The average molecular weight is 306 g/mol. The van der Waals surface area contributed by atoms with Crippen LogP contribution in [0.1, 0.15) is 32.6 Å². The first-order valence-corrected chi connectivity index (χ1v) is 8.04. The third-order valence-corrected chi connectivity index (χ3v) is 3.78. The molecule has 122 valence electrons. The first-order chi connectivity index (χ1) is 10.6. The van der Waals surface area contributed by atoms with Crippen molar-refractivity contribution in [3.8, 4) is 5.75 Å². The molecule has 2 N–H and O–H groups in total. The lowest BCUT2D eigenvalue weighted by Crippen LogP contribution is -2.36. The molecule has 0 spiro atoms. The molecule has 2 rings (SSSR count). The summed E-state index contributed by atoms with van der Waals surface area (Å²) in [7, 11) is 0. The summed E-state index contributed by atoms with van der Waals surface area (Å²) in [5, 5.41) is 12.8. The summed E-state index contributed by atoms with van der Waals surface area (Å²) in [5.41, 5.74) is 0.741. The summed E-state index contributed by atoms with van der Waals surface area (Å²) in [4.78, 5) is 13.3. The fourth-order valence-electron chi connectivity index (χ4n) is 2.70. The number of β-amino-alcohol motifs (C(OH)–C–C–N with tert-alkyl or cyclic N) is 1. The van der Waals surface area contributed by atoms with Crippen LogP contribution in [0.4, 0.5) is 5.69 Å². The van der Waals surface area contributed by atoms with Crippen molar-refractivity contribution in [1.82, 2.24) is 4.90 Å². The molecule has 5 heteroatoms. The van der Waals surface area contributed by atoms with Crippen LogP contribution >= 0.6 is 0 Å². The lowest BCUT2D eigenvalue weighted by atomic mass is 10.2. The van der Waals surface area contributed by atoms with Gasteiger partial charge in [0, 0.05) is 19.2 Å². The van der Waals surface area contributed by atoms with Crippen LogP contribution in [0, 0.1) is 0 Å². The van der Waals surface area contributed by atoms with E-state index < -0.39 is 6.10 Å². The standard InChI is InChI=1S/C17H26N2O3/c1-14(20)18-15-6-8-17(9-7-15)22-13-16(21)12-19-10-4-2-3-5-11-19/h6-9,16,21H,2-5,10-13H2,1H3,(H,18,20). The first kappa shape index (κ1) is 16.8. The predicted octanol–water partition coefficient (Wildman–Crippen LogP) is 2.26. The van der Waals surface area contributed by atoms with Crippen LogP contribution in [0.5, 0.6) is 5.75 Å². The Morgan fingerprint density at radius 2 is 1.86 bits per heavy atom. The quantitative estimate of drug-likeness (QED) is 0.846. The molecule has 1 aliphatic rings. The van der Waals surface area contributed by atoms with Gasteiger partial charge in [0.15, 0.2) is 0 Å². The molecule has 1 unspecified atom stereocenters. The number of anilines is 1. The molecule has 5 nitrogen and oxygen atoms in total. The van der Waals surface area contributed by atoms with Crippen LogP contribution in [0.3, 0.4) is 0 Å². The number of carbonyl (C=O) groups is 1. The molecule has 0 aliphatic carbocycles. The molecule has 1 heterocycles. The van der Waals surface area contributed by atoms with Crippen molar-refractivity contribution in [2.75, 3.05) is 31.6 Å². The zero-order chi connectivity index (χ0) is 15.8. The summed E-state index contributed by atoms with van der Waals surface area (Å²) in [6.45, 7) is 4.58. The van der Waals surface area contributed by atoms with E-state index in [9.17, 15) is 9.90 Å². The molecule has 0 radical (unpaired) electrons. The van der Waals surface area contributed by atoms with Crippen molar-refractivity contribution in [3.63, 3.8) is 0 Å². The third-order valence-electron chi connectivity index (χ3n) is 3.78. The molecular formula is C17H26N2O3. The summed E-state index contributed by atoms with van der Waals surface area (Å²) in [6, 6.07) is 7.17. The molecule has 1 aliphatic heterocycles. The minimum Gasteiger partial charge on any atom is -0.491 e. The van der Waals surface area contributed by atoms with Crippen LogP contribution in [-0.2, 0) is 4.79 Å². The Bertz CT molecular complexity index is 453. The number of hydrogen-bond donors (Lipinski definition) is 2. The molecule has 0 saturated carbocycles. The third kappa shape index (κ3) is 6.03. The van der Waals surface area contributed by atoms with E-state index in [4.69, 9.17) is 4.74 Å². The van der Waals surface area contributed by atoms with Gasteiger partial charge in [-0.2, -0.15) is 0 Å². The second kappa shape index (κ2) is 8.76. The molecule has 0 bridgehead atoms. The van der Waals surface area contributed by atoms with Gasteiger partial charge in [-0.25, -0.2) is 0 Å². The largest absolute Gasteiger partial charge is 0.491 e. The minimum atomic E-state index is -0.479. The van der Waals surface area contributed by atoms with Crippen LogP contribution in [0.15, 0.2) is 24.3 Å². The molecule has 1 aromatic carbocycles. The number of rotatable bonds is 6. The maximum Gasteiger partial charge on any atom is 0.221 e. The Morgan fingerprint density at radius 3 is 2.45 bits per heavy atom. The molecule has 1 aromatic rings. The molecule has 22 heavy (non-hydrogen) atoms. The highest BCUT2D eigenvalue weighted by Crippen LogP contribution is 2.16. The molecule has 0 aromatic heterocycles. The molecule has 1 atom stereocenters. The maximum absolute atomic E-state index is 10.9. The van der Waals surface area contributed by atoms with Gasteiger partial charge in [0.1, 0.15) is 18.5 Å². The summed E-state index contributed by atoms with van der Waals surface area (Å²) in [6.07, 6.45) is 4.55. The van der Waals surface area contributed by atoms with Gasteiger partial charge in [-0.3, -0.25) is 4.79 Å². The fourth-order valence-corrected chi connectivity index (χ4v) is 2.70. The maximum atomic E-state index is 10.9. The lowest BCUT2D eigenvalue weighted by molar-refractivity contribution is -0.114. The highest BCUT2D eigenvalue weighted by molar-refractivity contribution is 5.88. The normalized spacial score (nSPS) is 17.5. The predicted molar refractivity (Wildman–Crippen MR) is 87.2 cm³/mol. The topological polar surface area (TPSA) is 61.8 Å². The van der Waals surface area contributed by atoms with E-state index in [2.05, 4.69) is 10.2 Å². The van der Waals surface area contributed by atoms with Gasteiger partial charge >= 0.3 is 0 Å². The van der Waals surface area contributed by atoms with Crippen molar-refractivity contribution in [1.29, 1.82) is 0 Å². The monoisotopic (exact) mass is 306 g/mol. The molecular weight excluding hydrogens is 280 g/mol. The number of aliphatic hydroxyl groups excluding tert-OH is 1. The zero-order valence-electron chi connectivity index (χ0n) is 13.3. The Labute approximate surface area is 132 Å². The summed E-state index contributed by atoms with van der Waals surface area (Å²) in [5.74, 6) is 0.602. The van der Waals surface area contributed by atoms with Crippen molar-refractivity contribution < 1.29 is 14.6 Å². The number of ether oxygens (including phenoxy) is 1. The van der Waals surface area contributed by atoms with Gasteiger partial charge in [0.2, 0.25) is 5.91 Å². The number of likely N-dealkylation sites (tertiary alicyclic amines) is 1. The van der Waals surface area contributed by atoms with Gasteiger partial charge in [0.05, 0.1) is 0 Å². The SMILES string of the molecule is CC(=O)Nc1ccc(OCC(O)CN2CCCCCC2)cc1. The van der Waals surface area contributed by atoms with Crippen LogP contribution in [0.25, 0.3) is 0 Å². The highest BCUT2D eigenvalue weighted by Gasteiger charge is 2.14. The summed E-state index contributed by atoms with van der Waals surface area (Å²) < 4.78 is 5.61. The Hall–Kier alpha value is -1.59. The van der Waals surface area contributed by atoms with E-state index in [1.54, 1.807) is 24.3 Å². The van der Waals surface area contributed by atoms with Crippen LogP contribution in [0.2, 0.25) is 0 Å². The van der Waals surface area contributed by atoms with Crippen molar-refractivity contribution in [2.24, 2.45) is 0 Å². The number of nitrogens with one attached hydrogen (secondary N) is 1. The first-order valence-electron chi connectivity index (χ1n) is 8.04. The minimum absolute atomic E-state index is 0.0958. The Balaban J connectivity index is 1.73. The van der Waals surface area contributed by atoms with Gasteiger partial charge in [0.25, 0.3) is 0 Å². The van der Waals surface area contributed by atoms with Crippen LogP contribution in [-0.4, -0.2) is 48.3 Å². The smallest absolute Gasteiger partial charge is 0.221 e. The van der Waals surface area contributed by atoms with E-state index in [1.807, 2.05) is 0 Å². The van der Waals surface area contributed by atoms with E-state index in [-0.39, 0.29) is 12.5 Å². The number of nitrogens with zero attached hydrogens (tertiary/aromatic N) is 1. The van der Waals surface area contributed by atoms with E-state index >= 15 is 0 Å². The zero-order valence-corrected chi connectivity index (χ0v) is 13.3. The van der Waals surface area contributed by atoms with Crippen LogP contribution < -0.4 is 10.1 Å². The van der Waals surface area contributed by atoms with Crippen molar-refractivity contribution in [2.45, 2.75) is 38.7 Å². The Kier molecular flexibility index (Phi) is 6.68. The van der Waals surface area contributed by atoms with Gasteiger partial charge in [-0.15, -0.1) is 0 Å². The van der Waals surface area contributed by atoms with Crippen molar-refractivity contribution in [3.05, 3.63) is 24.3 Å². The summed E-state index contributed by atoms with van der Waals surface area (Å²) >= 11 is 0.